The summed E-state index contributed by atoms with van der Waals surface area (Å²) in [5, 5.41) is 27.3. The molecule has 0 aromatic carbocycles. The third kappa shape index (κ3) is 3.60. The van der Waals surface area contributed by atoms with Crippen LogP contribution in [0.2, 0.25) is 0 Å². The van der Waals surface area contributed by atoms with Gasteiger partial charge in [0.1, 0.15) is 6.07 Å². The van der Waals surface area contributed by atoms with Gasteiger partial charge in [0.05, 0.1) is 11.8 Å². The van der Waals surface area contributed by atoms with Crippen LogP contribution in [-0.4, -0.2) is 27.8 Å². The number of carboxylic acid groups (broad SMARTS) is 1. The van der Waals surface area contributed by atoms with E-state index in [2.05, 4.69) is 15.5 Å². The van der Waals surface area contributed by atoms with Crippen molar-refractivity contribution in [2.45, 2.75) is 12.8 Å². The Morgan fingerprint density at radius 3 is 3.13 bits per heavy atom. The van der Waals surface area contributed by atoms with E-state index in [0.29, 0.717) is 24.3 Å². The van der Waals surface area contributed by atoms with Gasteiger partial charge in [-0.1, -0.05) is 0 Å². The molecule has 6 heteroatoms. The fourth-order valence-electron chi connectivity index (χ4n) is 0.999. The number of hydrogen-bond acceptors (Lipinski definition) is 5. The second-order valence-corrected chi connectivity index (χ2v) is 2.83. The molecule has 1 aromatic heterocycles. The Hall–Kier alpha value is -2.16. The van der Waals surface area contributed by atoms with Crippen molar-refractivity contribution < 1.29 is 9.90 Å². The van der Waals surface area contributed by atoms with Crippen molar-refractivity contribution in [1.29, 1.82) is 5.26 Å². The summed E-state index contributed by atoms with van der Waals surface area (Å²) in [6.07, 6.45) is 2.01. The van der Waals surface area contributed by atoms with Gasteiger partial charge in [-0.3, -0.25) is 4.79 Å². The first-order chi connectivity index (χ1) is 7.24. The van der Waals surface area contributed by atoms with Gasteiger partial charge in [0.25, 0.3) is 0 Å². The molecule has 2 N–H and O–H groups in total. The lowest BCUT2D eigenvalue weighted by Gasteiger charge is -2.04. The summed E-state index contributed by atoms with van der Waals surface area (Å²) in [4.78, 5) is 10.2. The Morgan fingerprint density at radius 2 is 2.47 bits per heavy atom. The fourth-order valence-corrected chi connectivity index (χ4v) is 0.999. The van der Waals surface area contributed by atoms with Crippen LogP contribution in [0.1, 0.15) is 18.4 Å². The molecule has 0 aliphatic heterocycles. The van der Waals surface area contributed by atoms with E-state index in [1.807, 2.05) is 6.07 Å². The van der Waals surface area contributed by atoms with Crippen LogP contribution in [0.4, 0.5) is 5.82 Å². The zero-order valence-electron chi connectivity index (χ0n) is 7.97. The SMILES string of the molecule is N#Cc1ccnnc1NCCCC(=O)O. The lowest BCUT2D eigenvalue weighted by atomic mass is 10.3. The molecular formula is C9H10N4O2. The Bertz CT molecular complexity index is 386. The zero-order chi connectivity index (χ0) is 11.1. The number of carbonyl (C=O) groups is 1. The normalized spacial score (nSPS) is 9.27. The predicted octanol–water partition coefficient (Wildman–Crippen LogP) is 0.625. The second kappa shape index (κ2) is 5.54. The lowest BCUT2D eigenvalue weighted by molar-refractivity contribution is -0.137. The van der Waals surface area contributed by atoms with Gasteiger partial charge in [-0.05, 0) is 12.5 Å². The molecule has 0 unspecified atom stereocenters. The van der Waals surface area contributed by atoms with Crippen LogP contribution < -0.4 is 5.32 Å². The molecule has 6 nitrogen and oxygen atoms in total. The molecule has 0 spiro atoms. The van der Waals surface area contributed by atoms with Gasteiger partial charge in [0, 0.05) is 13.0 Å². The molecule has 1 aromatic rings. The number of nitriles is 1. The number of hydrogen-bond donors (Lipinski definition) is 2. The number of carboxylic acids is 1. The van der Waals surface area contributed by atoms with Crippen LogP contribution in [0.3, 0.4) is 0 Å². The highest BCUT2D eigenvalue weighted by Gasteiger charge is 2.02. The summed E-state index contributed by atoms with van der Waals surface area (Å²) in [6, 6.07) is 3.51. The molecular weight excluding hydrogens is 196 g/mol. The molecule has 15 heavy (non-hydrogen) atoms. The molecule has 1 rings (SSSR count). The maximum Gasteiger partial charge on any atom is 0.303 e. The highest BCUT2D eigenvalue weighted by atomic mass is 16.4. The standard InChI is InChI=1S/C9H10N4O2/c10-6-7-3-5-12-13-9(7)11-4-1-2-8(14)15/h3,5H,1-2,4H2,(H,11,13)(H,14,15). The van der Waals surface area contributed by atoms with Crippen molar-refractivity contribution in [3.05, 3.63) is 17.8 Å². The number of rotatable bonds is 5. The molecule has 0 amide bonds. The van der Waals surface area contributed by atoms with Crippen LogP contribution in [0.25, 0.3) is 0 Å². The summed E-state index contributed by atoms with van der Waals surface area (Å²) in [5.41, 5.74) is 0.403. The van der Waals surface area contributed by atoms with Crippen LogP contribution in [0, 0.1) is 11.3 Å². The molecule has 0 aliphatic rings. The maximum absolute atomic E-state index is 10.2. The van der Waals surface area contributed by atoms with E-state index in [4.69, 9.17) is 10.4 Å². The molecule has 0 aliphatic carbocycles. The summed E-state index contributed by atoms with van der Waals surface area (Å²) in [7, 11) is 0. The van der Waals surface area contributed by atoms with Crippen molar-refractivity contribution in [1.82, 2.24) is 10.2 Å². The summed E-state index contributed by atoms with van der Waals surface area (Å²) >= 11 is 0. The Morgan fingerprint density at radius 1 is 1.67 bits per heavy atom. The van der Waals surface area contributed by atoms with E-state index in [-0.39, 0.29) is 6.42 Å². The first-order valence-electron chi connectivity index (χ1n) is 4.41. The molecule has 0 bridgehead atoms. The van der Waals surface area contributed by atoms with Gasteiger partial charge in [-0.2, -0.15) is 10.4 Å². The number of nitrogens with one attached hydrogen (secondary N) is 1. The number of nitrogens with zero attached hydrogens (tertiary/aromatic N) is 3. The van der Waals surface area contributed by atoms with E-state index in [1.54, 1.807) is 6.07 Å². The minimum Gasteiger partial charge on any atom is -0.481 e. The topological polar surface area (TPSA) is 98.9 Å². The molecule has 1 heterocycles. The van der Waals surface area contributed by atoms with Crippen molar-refractivity contribution in [2.75, 3.05) is 11.9 Å². The highest BCUT2D eigenvalue weighted by molar-refractivity contribution is 5.66. The van der Waals surface area contributed by atoms with E-state index in [9.17, 15) is 4.79 Å². The summed E-state index contributed by atoms with van der Waals surface area (Å²) < 4.78 is 0. The molecule has 78 valence electrons. The first-order valence-corrected chi connectivity index (χ1v) is 4.41. The molecule has 0 saturated heterocycles. The summed E-state index contributed by atoms with van der Waals surface area (Å²) in [5.74, 6) is -0.443. The summed E-state index contributed by atoms with van der Waals surface area (Å²) in [6.45, 7) is 0.458. The minimum atomic E-state index is -0.837. The van der Waals surface area contributed by atoms with Crippen LogP contribution in [-0.2, 0) is 4.79 Å². The van der Waals surface area contributed by atoms with Crippen molar-refractivity contribution in [3.63, 3.8) is 0 Å². The van der Waals surface area contributed by atoms with Gasteiger partial charge in [0.15, 0.2) is 5.82 Å². The average molecular weight is 206 g/mol. The molecule has 0 saturated carbocycles. The van der Waals surface area contributed by atoms with E-state index in [1.165, 1.54) is 6.20 Å². The van der Waals surface area contributed by atoms with Crippen LogP contribution in [0.5, 0.6) is 0 Å². The Balaban J connectivity index is 2.44. The van der Waals surface area contributed by atoms with Gasteiger partial charge in [0.2, 0.25) is 0 Å². The molecule has 0 fully saturated rings. The van der Waals surface area contributed by atoms with E-state index in [0.717, 1.165) is 0 Å². The molecule has 0 atom stereocenters. The highest BCUT2D eigenvalue weighted by Crippen LogP contribution is 2.07. The largest absolute Gasteiger partial charge is 0.481 e. The van der Waals surface area contributed by atoms with Crippen LogP contribution >= 0.6 is 0 Å². The van der Waals surface area contributed by atoms with Crippen molar-refractivity contribution in [2.24, 2.45) is 0 Å². The van der Waals surface area contributed by atoms with E-state index < -0.39 is 5.97 Å². The first kappa shape index (κ1) is 10.9. The number of anilines is 1. The van der Waals surface area contributed by atoms with Crippen molar-refractivity contribution >= 4 is 11.8 Å². The van der Waals surface area contributed by atoms with Crippen LogP contribution in [0.15, 0.2) is 12.3 Å². The average Bonchev–Trinajstić information content (AvgIpc) is 2.24. The van der Waals surface area contributed by atoms with Gasteiger partial charge < -0.3 is 10.4 Å². The third-order valence-electron chi connectivity index (χ3n) is 1.70. The third-order valence-corrected chi connectivity index (χ3v) is 1.70. The Kier molecular flexibility index (Phi) is 4.04. The van der Waals surface area contributed by atoms with E-state index >= 15 is 0 Å². The second-order valence-electron chi connectivity index (χ2n) is 2.83. The monoisotopic (exact) mass is 206 g/mol. The quantitative estimate of drug-likeness (QED) is 0.685. The zero-order valence-corrected chi connectivity index (χ0v) is 7.97. The van der Waals surface area contributed by atoms with Gasteiger partial charge in [-0.15, -0.1) is 5.10 Å². The smallest absolute Gasteiger partial charge is 0.303 e. The number of aromatic nitrogens is 2. The lowest BCUT2D eigenvalue weighted by Crippen LogP contribution is -2.07. The molecule has 0 radical (unpaired) electrons. The Labute approximate surface area is 86.6 Å². The van der Waals surface area contributed by atoms with Gasteiger partial charge >= 0.3 is 5.97 Å². The fraction of sp³-hybridized carbons (Fsp3) is 0.333. The van der Waals surface area contributed by atoms with Gasteiger partial charge in [-0.25, -0.2) is 0 Å². The minimum absolute atomic E-state index is 0.0924. The maximum atomic E-state index is 10.2. The predicted molar refractivity (Wildman–Crippen MR) is 52.1 cm³/mol. The van der Waals surface area contributed by atoms with Crippen molar-refractivity contribution in [3.8, 4) is 6.07 Å². The number of aliphatic carboxylic acids is 1.